The smallest absolute Gasteiger partial charge is 0.232 e. The highest BCUT2D eigenvalue weighted by Gasteiger charge is 2.27. The van der Waals surface area contributed by atoms with Crippen LogP contribution in [0.25, 0.3) is 0 Å². The summed E-state index contributed by atoms with van der Waals surface area (Å²) >= 11 is 1.79. The number of hydrogen-bond donors (Lipinski definition) is 1. The molecule has 1 heterocycles. The molecule has 0 aliphatic carbocycles. The van der Waals surface area contributed by atoms with Crippen molar-refractivity contribution in [2.45, 2.75) is 39.2 Å². The number of likely N-dealkylation sites (tertiary alicyclic amines) is 1. The van der Waals surface area contributed by atoms with Crippen molar-refractivity contribution in [2.75, 3.05) is 31.6 Å². The zero-order valence-corrected chi connectivity index (χ0v) is 13.4. The quantitative estimate of drug-likeness (QED) is 0.732. The third kappa shape index (κ3) is 6.30. The number of carbonyl (C=O) groups is 1. The summed E-state index contributed by atoms with van der Waals surface area (Å²) in [5, 5.41) is 3.18. The van der Waals surface area contributed by atoms with Crippen molar-refractivity contribution in [3.8, 4) is 0 Å². The largest absolute Gasteiger partial charge is 0.338 e. The van der Waals surface area contributed by atoms with Gasteiger partial charge in [-0.15, -0.1) is 12.4 Å². The van der Waals surface area contributed by atoms with Crippen molar-refractivity contribution in [3.63, 3.8) is 0 Å². The lowest BCUT2D eigenvalue weighted by molar-refractivity contribution is -0.129. The van der Waals surface area contributed by atoms with E-state index in [1.807, 2.05) is 7.05 Å². The number of nitrogens with zero attached hydrogens (tertiary/aromatic N) is 1. The first-order chi connectivity index (χ1) is 8.15. The van der Waals surface area contributed by atoms with E-state index in [9.17, 15) is 4.79 Å². The van der Waals surface area contributed by atoms with Crippen molar-refractivity contribution >= 4 is 30.1 Å². The highest BCUT2D eigenvalue weighted by atomic mass is 35.5. The Hall–Kier alpha value is 0.0700. The summed E-state index contributed by atoms with van der Waals surface area (Å²) in [6.07, 6.45) is 3.52. The first-order valence-corrected chi connectivity index (χ1v) is 7.82. The number of halogens is 1. The first kappa shape index (κ1) is 18.1. The SMILES string of the molecule is CNCC1CCCN1C(=O)CSCCC(C)C.Cl. The molecule has 3 nitrogen and oxygen atoms in total. The van der Waals surface area contributed by atoms with Gasteiger partial charge in [-0.2, -0.15) is 11.8 Å². The molecule has 0 bridgehead atoms. The van der Waals surface area contributed by atoms with Crippen LogP contribution >= 0.6 is 24.2 Å². The van der Waals surface area contributed by atoms with E-state index in [0.29, 0.717) is 17.7 Å². The van der Waals surface area contributed by atoms with Gasteiger partial charge in [-0.25, -0.2) is 0 Å². The van der Waals surface area contributed by atoms with Gasteiger partial charge in [0.2, 0.25) is 5.91 Å². The van der Waals surface area contributed by atoms with E-state index in [0.717, 1.165) is 37.6 Å². The van der Waals surface area contributed by atoms with Crippen molar-refractivity contribution < 1.29 is 4.79 Å². The lowest BCUT2D eigenvalue weighted by Gasteiger charge is -2.24. The van der Waals surface area contributed by atoms with Crippen LogP contribution in [0.1, 0.15) is 33.1 Å². The predicted octanol–water partition coefficient (Wildman–Crippen LogP) is 2.40. The molecule has 1 atom stereocenters. The molecule has 1 amide bonds. The monoisotopic (exact) mass is 294 g/mol. The van der Waals surface area contributed by atoms with Crippen LogP contribution in [0, 0.1) is 5.92 Å². The molecule has 1 saturated heterocycles. The van der Waals surface area contributed by atoms with Crippen molar-refractivity contribution in [3.05, 3.63) is 0 Å². The van der Waals surface area contributed by atoms with Gasteiger partial charge in [-0.1, -0.05) is 13.8 Å². The number of likely N-dealkylation sites (N-methyl/N-ethyl adjacent to an activating group) is 1. The summed E-state index contributed by atoms with van der Waals surface area (Å²) < 4.78 is 0. The van der Waals surface area contributed by atoms with Crippen LogP contribution in [-0.2, 0) is 4.79 Å². The van der Waals surface area contributed by atoms with Gasteiger partial charge in [0.15, 0.2) is 0 Å². The molecule has 0 radical (unpaired) electrons. The number of carbonyl (C=O) groups excluding carboxylic acids is 1. The summed E-state index contributed by atoms with van der Waals surface area (Å²) in [7, 11) is 1.96. The van der Waals surface area contributed by atoms with Gasteiger partial charge < -0.3 is 10.2 Å². The van der Waals surface area contributed by atoms with Gasteiger partial charge >= 0.3 is 0 Å². The van der Waals surface area contributed by atoms with E-state index in [1.165, 1.54) is 6.42 Å². The molecule has 108 valence electrons. The number of nitrogens with one attached hydrogen (secondary N) is 1. The van der Waals surface area contributed by atoms with E-state index in [2.05, 4.69) is 24.1 Å². The number of rotatable bonds is 7. The first-order valence-electron chi connectivity index (χ1n) is 6.67. The zero-order chi connectivity index (χ0) is 12.7. The molecule has 0 spiro atoms. The van der Waals surface area contributed by atoms with Crippen LogP contribution in [0.15, 0.2) is 0 Å². The van der Waals surface area contributed by atoms with Gasteiger partial charge in [0.25, 0.3) is 0 Å². The van der Waals surface area contributed by atoms with E-state index in [4.69, 9.17) is 0 Å². The molecule has 0 aromatic carbocycles. The Labute approximate surface area is 122 Å². The molecule has 1 unspecified atom stereocenters. The molecule has 1 aliphatic heterocycles. The van der Waals surface area contributed by atoms with E-state index in [-0.39, 0.29) is 12.4 Å². The van der Waals surface area contributed by atoms with Crippen LogP contribution in [0.5, 0.6) is 0 Å². The molecule has 1 rings (SSSR count). The molecule has 5 heteroatoms. The number of thioether (sulfide) groups is 1. The lowest BCUT2D eigenvalue weighted by Crippen LogP contribution is -2.41. The van der Waals surface area contributed by atoms with Crippen LogP contribution in [0.4, 0.5) is 0 Å². The fourth-order valence-electron chi connectivity index (χ4n) is 2.17. The molecular weight excluding hydrogens is 268 g/mol. The summed E-state index contributed by atoms with van der Waals surface area (Å²) in [6, 6.07) is 0.429. The Balaban J connectivity index is 0.00000289. The minimum absolute atomic E-state index is 0. The maximum Gasteiger partial charge on any atom is 0.232 e. The third-order valence-electron chi connectivity index (χ3n) is 3.20. The number of amides is 1. The summed E-state index contributed by atoms with van der Waals surface area (Å²) in [4.78, 5) is 14.1. The standard InChI is InChI=1S/C13H26N2OS.ClH/c1-11(2)6-8-17-10-13(16)15-7-4-5-12(15)9-14-3;/h11-12,14H,4-10H2,1-3H3;1H. The maximum absolute atomic E-state index is 12.1. The minimum atomic E-state index is 0. The molecule has 18 heavy (non-hydrogen) atoms. The average Bonchev–Trinajstić information content (AvgIpc) is 2.72. The second-order valence-corrected chi connectivity index (χ2v) is 6.28. The average molecular weight is 295 g/mol. The fraction of sp³-hybridized carbons (Fsp3) is 0.923. The Bertz CT molecular complexity index is 239. The van der Waals surface area contributed by atoms with Crippen LogP contribution in [-0.4, -0.2) is 48.5 Å². The summed E-state index contributed by atoms with van der Waals surface area (Å²) in [5.74, 6) is 2.83. The van der Waals surface area contributed by atoms with Crippen LogP contribution < -0.4 is 5.32 Å². The van der Waals surface area contributed by atoms with E-state index < -0.39 is 0 Å². The molecule has 0 saturated carbocycles. The Kier molecular flexibility index (Phi) is 9.97. The second kappa shape index (κ2) is 9.93. The Morgan fingerprint density at radius 1 is 1.50 bits per heavy atom. The Morgan fingerprint density at radius 3 is 2.83 bits per heavy atom. The molecule has 0 aromatic rings. The molecule has 0 aromatic heterocycles. The van der Waals surface area contributed by atoms with E-state index in [1.54, 1.807) is 11.8 Å². The van der Waals surface area contributed by atoms with Crippen molar-refractivity contribution in [2.24, 2.45) is 5.92 Å². The number of hydrogen-bond acceptors (Lipinski definition) is 3. The highest BCUT2D eigenvalue weighted by Crippen LogP contribution is 2.18. The van der Waals surface area contributed by atoms with Gasteiger partial charge in [-0.3, -0.25) is 4.79 Å². The van der Waals surface area contributed by atoms with Crippen LogP contribution in [0.2, 0.25) is 0 Å². The zero-order valence-electron chi connectivity index (χ0n) is 11.8. The van der Waals surface area contributed by atoms with Gasteiger partial charge in [0.1, 0.15) is 0 Å². The van der Waals surface area contributed by atoms with Crippen LogP contribution in [0.3, 0.4) is 0 Å². The molecule has 1 fully saturated rings. The topological polar surface area (TPSA) is 32.3 Å². The van der Waals surface area contributed by atoms with Gasteiger partial charge in [0.05, 0.1) is 5.75 Å². The minimum Gasteiger partial charge on any atom is -0.338 e. The summed E-state index contributed by atoms with van der Waals surface area (Å²) in [6.45, 7) is 6.34. The van der Waals surface area contributed by atoms with Crippen molar-refractivity contribution in [1.82, 2.24) is 10.2 Å². The molecule has 1 N–H and O–H groups in total. The Morgan fingerprint density at radius 2 is 2.22 bits per heavy atom. The van der Waals surface area contributed by atoms with Crippen molar-refractivity contribution in [1.29, 1.82) is 0 Å². The highest BCUT2D eigenvalue weighted by molar-refractivity contribution is 7.99. The summed E-state index contributed by atoms with van der Waals surface area (Å²) in [5.41, 5.74) is 0. The maximum atomic E-state index is 12.1. The lowest BCUT2D eigenvalue weighted by atomic mass is 10.2. The molecule has 1 aliphatic rings. The third-order valence-corrected chi connectivity index (χ3v) is 4.18. The van der Waals surface area contributed by atoms with E-state index >= 15 is 0 Å². The van der Waals surface area contributed by atoms with Gasteiger partial charge in [-0.05, 0) is 38.0 Å². The predicted molar refractivity (Wildman–Crippen MR) is 82.7 cm³/mol. The second-order valence-electron chi connectivity index (χ2n) is 5.18. The molecular formula is C13H27ClN2OS. The fourth-order valence-corrected chi connectivity index (χ4v) is 3.30. The van der Waals surface area contributed by atoms with Gasteiger partial charge in [0, 0.05) is 19.1 Å². The normalized spacial score (nSPS) is 19.1.